The molecule has 3 aromatic carbocycles. The lowest BCUT2D eigenvalue weighted by atomic mass is 10.2. The number of benzene rings is 3. The van der Waals surface area contributed by atoms with Crippen LogP contribution in [-0.4, -0.2) is 34.4 Å². The number of thioether (sulfide) groups is 1. The molecule has 0 aliphatic rings. The van der Waals surface area contributed by atoms with Crippen molar-refractivity contribution >= 4 is 34.3 Å². The van der Waals surface area contributed by atoms with Gasteiger partial charge >= 0.3 is 0 Å². The second-order valence-corrected chi connectivity index (χ2v) is 8.74. The molecule has 1 amide bonds. The van der Waals surface area contributed by atoms with Crippen LogP contribution >= 0.6 is 11.8 Å². The van der Waals surface area contributed by atoms with Gasteiger partial charge in [0.1, 0.15) is 11.5 Å². The molecule has 0 bridgehead atoms. The van der Waals surface area contributed by atoms with E-state index in [1.54, 1.807) is 44.4 Å². The standard InChI is InChI=1S/C26H25N3O4S/c1-4-33-23-15-8-7-14-22(23)27-24(30)17(2)34-26-28-21-13-6-5-12-20(21)25(31)29(26)18-10-9-11-19(16-18)32-3/h5-17H,4H2,1-3H3,(H,27,30). The van der Waals surface area contributed by atoms with Crippen LogP contribution in [0.25, 0.3) is 16.6 Å². The number of hydrogen-bond acceptors (Lipinski definition) is 6. The largest absolute Gasteiger partial charge is 0.497 e. The lowest BCUT2D eigenvalue weighted by Gasteiger charge is -2.17. The molecule has 1 unspecified atom stereocenters. The second kappa shape index (κ2) is 10.4. The van der Waals surface area contributed by atoms with Gasteiger partial charge in [-0.05, 0) is 50.2 Å². The molecule has 7 nitrogen and oxygen atoms in total. The molecule has 1 atom stereocenters. The predicted molar refractivity (Wildman–Crippen MR) is 135 cm³/mol. The van der Waals surface area contributed by atoms with Crippen molar-refractivity contribution in [1.82, 2.24) is 9.55 Å². The van der Waals surface area contributed by atoms with Crippen LogP contribution in [0, 0.1) is 0 Å². The zero-order valence-electron chi connectivity index (χ0n) is 19.1. The minimum Gasteiger partial charge on any atom is -0.497 e. The summed E-state index contributed by atoms with van der Waals surface area (Å²) in [6.45, 7) is 4.16. The van der Waals surface area contributed by atoms with Crippen molar-refractivity contribution in [2.45, 2.75) is 24.3 Å². The van der Waals surface area contributed by atoms with E-state index >= 15 is 0 Å². The van der Waals surface area contributed by atoms with Crippen LogP contribution in [0.15, 0.2) is 82.7 Å². The van der Waals surface area contributed by atoms with Crippen LogP contribution in [0.2, 0.25) is 0 Å². The predicted octanol–water partition coefficient (Wildman–Crippen LogP) is 4.91. The Balaban J connectivity index is 1.71. The Labute approximate surface area is 201 Å². The summed E-state index contributed by atoms with van der Waals surface area (Å²) in [5.41, 5.74) is 1.57. The Hall–Kier alpha value is -3.78. The highest BCUT2D eigenvalue weighted by Gasteiger charge is 2.21. The first kappa shape index (κ1) is 23.4. The molecule has 34 heavy (non-hydrogen) atoms. The van der Waals surface area contributed by atoms with Crippen molar-refractivity contribution in [3.05, 3.63) is 83.2 Å². The van der Waals surface area contributed by atoms with Crippen LogP contribution in [-0.2, 0) is 4.79 Å². The van der Waals surface area contributed by atoms with Crippen molar-refractivity contribution in [3.8, 4) is 17.2 Å². The summed E-state index contributed by atoms with van der Waals surface area (Å²) < 4.78 is 12.5. The van der Waals surface area contributed by atoms with Crippen LogP contribution < -0.4 is 20.3 Å². The van der Waals surface area contributed by atoms with Crippen molar-refractivity contribution in [1.29, 1.82) is 0 Å². The summed E-state index contributed by atoms with van der Waals surface area (Å²) in [6.07, 6.45) is 0. The van der Waals surface area contributed by atoms with Gasteiger partial charge in [0, 0.05) is 6.07 Å². The van der Waals surface area contributed by atoms with E-state index in [0.29, 0.717) is 45.5 Å². The molecule has 8 heteroatoms. The number of carbonyl (C=O) groups excluding carboxylic acids is 1. The molecule has 4 rings (SSSR count). The van der Waals surface area contributed by atoms with E-state index in [1.807, 2.05) is 49.4 Å². The third-order valence-electron chi connectivity index (χ3n) is 5.15. The molecule has 0 spiro atoms. The van der Waals surface area contributed by atoms with E-state index in [-0.39, 0.29) is 11.5 Å². The first-order chi connectivity index (χ1) is 16.5. The van der Waals surface area contributed by atoms with Crippen LogP contribution in [0.1, 0.15) is 13.8 Å². The average Bonchev–Trinajstić information content (AvgIpc) is 2.85. The Morgan fingerprint density at radius 2 is 1.85 bits per heavy atom. The lowest BCUT2D eigenvalue weighted by molar-refractivity contribution is -0.115. The van der Waals surface area contributed by atoms with Crippen LogP contribution in [0.5, 0.6) is 11.5 Å². The van der Waals surface area contributed by atoms with E-state index < -0.39 is 5.25 Å². The summed E-state index contributed by atoms with van der Waals surface area (Å²) in [5.74, 6) is 0.997. The molecular formula is C26H25N3O4S. The van der Waals surface area contributed by atoms with Crippen molar-refractivity contribution in [2.75, 3.05) is 19.0 Å². The summed E-state index contributed by atoms with van der Waals surface area (Å²) >= 11 is 1.21. The second-order valence-electron chi connectivity index (χ2n) is 7.43. The molecule has 0 saturated heterocycles. The zero-order valence-corrected chi connectivity index (χ0v) is 20.0. The smallest absolute Gasteiger partial charge is 0.266 e. The fourth-order valence-corrected chi connectivity index (χ4v) is 4.39. The fraction of sp³-hybridized carbons (Fsp3) is 0.192. The first-order valence-electron chi connectivity index (χ1n) is 10.9. The van der Waals surface area contributed by atoms with Gasteiger partial charge < -0.3 is 14.8 Å². The zero-order chi connectivity index (χ0) is 24.1. The highest BCUT2D eigenvalue weighted by atomic mass is 32.2. The maximum absolute atomic E-state index is 13.5. The Morgan fingerprint density at radius 1 is 1.09 bits per heavy atom. The maximum Gasteiger partial charge on any atom is 0.266 e. The van der Waals surface area contributed by atoms with Gasteiger partial charge in [-0.15, -0.1) is 0 Å². The van der Waals surface area contributed by atoms with Gasteiger partial charge in [0.2, 0.25) is 5.91 Å². The number of nitrogens with zero attached hydrogens (tertiary/aromatic N) is 2. The topological polar surface area (TPSA) is 82.5 Å². The number of amides is 1. The summed E-state index contributed by atoms with van der Waals surface area (Å²) in [6, 6.07) is 21.7. The summed E-state index contributed by atoms with van der Waals surface area (Å²) in [5, 5.41) is 3.29. The highest BCUT2D eigenvalue weighted by Crippen LogP contribution is 2.29. The number of carbonyl (C=O) groups is 1. The number of nitrogens with one attached hydrogen (secondary N) is 1. The molecule has 0 fully saturated rings. The van der Waals surface area contributed by atoms with Crippen molar-refractivity contribution in [3.63, 3.8) is 0 Å². The number of ether oxygens (including phenoxy) is 2. The van der Waals surface area contributed by atoms with Gasteiger partial charge in [0.25, 0.3) is 5.56 Å². The Bertz CT molecular complexity index is 1390. The molecule has 0 radical (unpaired) electrons. The van der Waals surface area contributed by atoms with E-state index in [2.05, 4.69) is 5.32 Å². The van der Waals surface area contributed by atoms with Crippen molar-refractivity contribution in [2.24, 2.45) is 0 Å². The van der Waals surface area contributed by atoms with Gasteiger partial charge in [0.05, 0.1) is 41.2 Å². The molecule has 1 heterocycles. The lowest BCUT2D eigenvalue weighted by Crippen LogP contribution is -2.26. The van der Waals surface area contributed by atoms with Crippen molar-refractivity contribution < 1.29 is 14.3 Å². The number of methoxy groups -OCH3 is 1. The first-order valence-corrected chi connectivity index (χ1v) is 11.8. The minimum absolute atomic E-state index is 0.212. The van der Waals surface area contributed by atoms with E-state index in [1.165, 1.54) is 16.3 Å². The Morgan fingerprint density at radius 3 is 2.65 bits per heavy atom. The van der Waals surface area contributed by atoms with Gasteiger partial charge in [-0.3, -0.25) is 14.2 Å². The SMILES string of the molecule is CCOc1ccccc1NC(=O)C(C)Sc1nc2ccccc2c(=O)n1-c1cccc(OC)c1. The highest BCUT2D eigenvalue weighted by molar-refractivity contribution is 8.00. The monoisotopic (exact) mass is 475 g/mol. The van der Waals surface area contributed by atoms with E-state index in [0.717, 1.165) is 0 Å². The molecule has 0 aliphatic carbocycles. The molecule has 0 aliphatic heterocycles. The third-order valence-corrected chi connectivity index (χ3v) is 6.20. The summed E-state index contributed by atoms with van der Waals surface area (Å²) in [4.78, 5) is 31.2. The maximum atomic E-state index is 13.5. The number of para-hydroxylation sites is 3. The normalized spacial score (nSPS) is 11.7. The quantitative estimate of drug-likeness (QED) is 0.288. The summed E-state index contributed by atoms with van der Waals surface area (Å²) in [7, 11) is 1.57. The van der Waals surface area contributed by atoms with Gasteiger partial charge in [-0.2, -0.15) is 0 Å². The van der Waals surface area contributed by atoms with Crippen LogP contribution in [0.3, 0.4) is 0 Å². The number of fused-ring (bicyclic) bond motifs is 1. The molecular weight excluding hydrogens is 450 g/mol. The van der Waals surface area contributed by atoms with E-state index in [9.17, 15) is 9.59 Å². The number of hydrogen-bond donors (Lipinski definition) is 1. The Kier molecular flexibility index (Phi) is 7.18. The number of rotatable bonds is 8. The molecule has 0 saturated carbocycles. The molecule has 1 aromatic heterocycles. The van der Waals surface area contributed by atoms with E-state index in [4.69, 9.17) is 14.5 Å². The molecule has 1 N–H and O–H groups in total. The fourth-order valence-electron chi connectivity index (χ4n) is 3.47. The molecule has 4 aromatic rings. The van der Waals surface area contributed by atoms with Gasteiger partial charge in [-0.25, -0.2) is 4.98 Å². The minimum atomic E-state index is -0.542. The third kappa shape index (κ3) is 4.92. The van der Waals surface area contributed by atoms with Gasteiger partial charge in [-0.1, -0.05) is 42.1 Å². The van der Waals surface area contributed by atoms with Crippen LogP contribution in [0.4, 0.5) is 5.69 Å². The number of aromatic nitrogens is 2. The average molecular weight is 476 g/mol. The van der Waals surface area contributed by atoms with Gasteiger partial charge in [0.15, 0.2) is 5.16 Å². The number of anilines is 1. The molecule has 174 valence electrons.